The van der Waals surface area contributed by atoms with Crippen molar-refractivity contribution in [2.45, 2.75) is 13.0 Å². The molecule has 18 heavy (non-hydrogen) atoms. The minimum atomic E-state index is 0.278. The third-order valence-electron chi connectivity index (χ3n) is 2.72. The van der Waals surface area contributed by atoms with Gasteiger partial charge in [0.15, 0.2) is 0 Å². The van der Waals surface area contributed by atoms with Gasteiger partial charge in [0.25, 0.3) is 0 Å². The van der Waals surface area contributed by atoms with E-state index >= 15 is 0 Å². The van der Waals surface area contributed by atoms with Crippen LogP contribution in [0.5, 0.6) is 0 Å². The van der Waals surface area contributed by atoms with E-state index < -0.39 is 0 Å². The first-order valence-electron chi connectivity index (χ1n) is 6.33. The number of guanidine groups is 1. The summed E-state index contributed by atoms with van der Waals surface area (Å²) in [6.45, 7) is 7.84. The summed E-state index contributed by atoms with van der Waals surface area (Å²) in [7, 11) is 1.65. The van der Waals surface area contributed by atoms with Crippen molar-refractivity contribution in [1.82, 2.24) is 15.6 Å². The third kappa shape index (κ3) is 6.15. The highest BCUT2D eigenvalue weighted by Crippen LogP contribution is 1.98. The molecule has 0 aromatic heterocycles. The monoisotopic (exact) mass is 259 g/mol. The standard InChI is InChI=1S/C11H25N5O2/c1-10(9-16-4-7-18-8-5-16)14-11(15-12)13-3-6-17-2/h10H,3-9,12H2,1-2H3,(H2,13,14,15). The maximum absolute atomic E-state index is 5.42. The lowest BCUT2D eigenvalue weighted by atomic mass is 10.3. The Bertz CT molecular complexity index is 244. The van der Waals surface area contributed by atoms with E-state index in [4.69, 9.17) is 15.3 Å². The number of nitrogens with one attached hydrogen (secondary N) is 2. The second kappa shape index (κ2) is 9.09. The average molecular weight is 259 g/mol. The molecule has 4 N–H and O–H groups in total. The molecule has 0 aromatic rings. The molecule has 1 rings (SSSR count). The van der Waals surface area contributed by atoms with E-state index in [1.165, 1.54) is 0 Å². The summed E-state index contributed by atoms with van der Waals surface area (Å²) in [5.74, 6) is 6.02. The van der Waals surface area contributed by atoms with E-state index in [9.17, 15) is 0 Å². The minimum Gasteiger partial charge on any atom is -0.383 e. The molecule has 7 heteroatoms. The molecule has 0 aromatic carbocycles. The highest BCUT2D eigenvalue weighted by Gasteiger charge is 2.14. The van der Waals surface area contributed by atoms with Crippen molar-refractivity contribution >= 4 is 5.96 Å². The van der Waals surface area contributed by atoms with Crippen LogP contribution in [-0.2, 0) is 9.47 Å². The Morgan fingerprint density at radius 2 is 2.22 bits per heavy atom. The van der Waals surface area contributed by atoms with Gasteiger partial charge >= 0.3 is 0 Å². The highest BCUT2D eigenvalue weighted by atomic mass is 16.5. The zero-order valence-electron chi connectivity index (χ0n) is 11.3. The van der Waals surface area contributed by atoms with Crippen molar-refractivity contribution in [1.29, 1.82) is 0 Å². The predicted molar refractivity (Wildman–Crippen MR) is 71.4 cm³/mol. The first kappa shape index (κ1) is 15.2. The summed E-state index contributed by atoms with van der Waals surface area (Å²) in [6, 6.07) is 0.278. The lowest BCUT2D eigenvalue weighted by molar-refractivity contribution is 0.0352. The van der Waals surface area contributed by atoms with Crippen molar-refractivity contribution in [3.05, 3.63) is 0 Å². The summed E-state index contributed by atoms with van der Waals surface area (Å²) in [5, 5.41) is 3.25. The van der Waals surface area contributed by atoms with Crippen LogP contribution in [0.25, 0.3) is 0 Å². The maximum Gasteiger partial charge on any atom is 0.206 e. The van der Waals surface area contributed by atoms with Crippen molar-refractivity contribution in [2.24, 2.45) is 10.8 Å². The smallest absolute Gasteiger partial charge is 0.206 e. The van der Waals surface area contributed by atoms with Gasteiger partial charge in [-0.05, 0) is 6.92 Å². The number of morpholine rings is 1. The largest absolute Gasteiger partial charge is 0.383 e. The van der Waals surface area contributed by atoms with Gasteiger partial charge in [0, 0.05) is 32.8 Å². The molecule has 1 heterocycles. The molecule has 1 atom stereocenters. The van der Waals surface area contributed by atoms with Crippen molar-refractivity contribution < 1.29 is 9.47 Å². The SMILES string of the molecule is COCCN=C(NN)NC(C)CN1CCOCC1. The Morgan fingerprint density at radius 1 is 1.50 bits per heavy atom. The number of hydrogen-bond acceptors (Lipinski definition) is 5. The highest BCUT2D eigenvalue weighted by molar-refractivity contribution is 5.79. The minimum absolute atomic E-state index is 0.278. The van der Waals surface area contributed by atoms with Gasteiger partial charge in [-0.3, -0.25) is 10.3 Å². The zero-order valence-corrected chi connectivity index (χ0v) is 11.3. The van der Waals surface area contributed by atoms with E-state index in [2.05, 4.69) is 27.6 Å². The van der Waals surface area contributed by atoms with E-state index in [1.54, 1.807) is 7.11 Å². The van der Waals surface area contributed by atoms with Gasteiger partial charge < -0.3 is 14.8 Å². The fourth-order valence-corrected chi connectivity index (χ4v) is 1.83. The fraction of sp³-hybridized carbons (Fsp3) is 0.909. The fourth-order valence-electron chi connectivity index (χ4n) is 1.83. The molecule has 0 aliphatic carbocycles. The lowest BCUT2D eigenvalue weighted by Gasteiger charge is -2.29. The molecule has 0 spiro atoms. The molecule has 106 valence electrons. The first-order valence-corrected chi connectivity index (χ1v) is 6.33. The normalized spacial score (nSPS) is 19.6. The molecule has 1 aliphatic rings. The van der Waals surface area contributed by atoms with E-state index in [-0.39, 0.29) is 6.04 Å². The molecule has 0 radical (unpaired) electrons. The van der Waals surface area contributed by atoms with Gasteiger partial charge in [-0.25, -0.2) is 10.8 Å². The van der Waals surface area contributed by atoms with Crippen LogP contribution in [0.3, 0.4) is 0 Å². The molecule has 1 fully saturated rings. The van der Waals surface area contributed by atoms with Gasteiger partial charge in [-0.2, -0.15) is 0 Å². The van der Waals surface area contributed by atoms with Gasteiger partial charge in [0.1, 0.15) is 0 Å². The lowest BCUT2D eigenvalue weighted by Crippen LogP contribution is -2.50. The number of ether oxygens (including phenoxy) is 2. The van der Waals surface area contributed by atoms with Crippen LogP contribution >= 0.6 is 0 Å². The Balaban J connectivity index is 2.27. The van der Waals surface area contributed by atoms with Crippen LogP contribution in [-0.4, -0.2) is 70.0 Å². The number of nitrogens with two attached hydrogens (primary N) is 1. The number of rotatable bonds is 6. The van der Waals surface area contributed by atoms with Crippen molar-refractivity contribution in [3.8, 4) is 0 Å². The summed E-state index contributed by atoms with van der Waals surface area (Å²) < 4.78 is 10.3. The van der Waals surface area contributed by atoms with Crippen molar-refractivity contribution in [2.75, 3.05) is 53.1 Å². The zero-order chi connectivity index (χ0) is 13.2. The second-order valence-electron chi connectivity index (χ2n) is 4.33. The topological polar surface area (TPSA) is 84.1 Å². The summed E-state index contributed by atoms with van der Waals surface area (Å²) in [6.07, 6.45) is 0. The number of hydrogen-bond donors (Lipinski definition) is 3. The van der Waals surface area contributed by atoms with E-state index in [0.29, 0.717) is 19.1 Å². The maximum atomic E-state index is 5.42. The third-order valence-corrected chi connectivity index (χ3v) is 2.72. The summed E-state index contributed by atoms with van der Waals surface area (Å²) >= 11 is 0. The van der Waals surface area contributed by atoms with Crippen LogP contribution < -0.4 is 16.6 Å². The van der Waals surface area contributed by atoms with Crippen LogP contribution in [0.2, 0.25) is 0 Å². The average Bonchev–Trinajstić information content (AvgIpc) is 2.39. The van der Waals surface area contributed by atoms with Crippen LogP contribution in [0.1, 0.15) is 6.92 Å². The van der Waals surface area contributed by atoms with E-state index in [1.807, 2.05) is 0 Å². The predicted octanol–water partition coefficient (Wildman–Crippen LogP) is -1.24. The second-order valence-corrected chi connectivity index (χ2v) is 4.33. The van der Waals surface area contributed by atoms with Crippen molar-refractivity contribution in [3.63, 3.8) is 0 Å². The van der Waals surface area contributed by atoms with Gasteiger partial charge in [0.05, 0.1) is 26.4 Å². The Hall–Kier alpha value is -0.890. The quantitative estimate of drug-likeness (QED) is 0.182. The number of aliphatic imine (C=N–C) groups is 1. The Morgan fingerprint density at radius 3 is 2.83 bits per heavy atom. The molecular formula is C11H25N5O2. The number of nitrogens with zero attached hydrogens (tertiary/aromatic N) is 2. The summed E-state index contributed by atoms with van der Waals surface area (Å²) in [5.41, 5.74) is 2.57. The molecule has 1 saturated heterocycles. The van der Waals surface area contributed by atoms with Crippen LogP contribution in [0.4, 0.5) is 0 Å². The van der Waals surface area contributed by atoms with Gasteiger partial charge in [-0.1, -0.05) is 0 Å². The molecule has 1 unspecified atom stereocenters. The van der Waals surface area contributed by atoms with E-state index in [0.717, 1.165) is 32.8 Å². The Kier molecular flexibility index (Phi) is 7.66. The number of hydrazine groups is 1. The van der Waals surface area contributed by atoms with Crippen LogP contribution in [0, 0.1) is 0 Å². The Labute approximate surface area is 109 Å². The first-order chi connectivity index (χ1) is 8.76. The van der Waals surface area contributed by atoms with Gasteiger partial charge in [0.2, 0.25) is 5.96 Å². The molecule has 7 nitrogen and oxygen atoms in total. The number of methoxy groups -OCH3 is 1. The molecule has 0 bridgehead atoms. The van der Waals surface area contributed by atoms with Gasteiger partial charge in [-0.15, -0.1) is 0 Å². The van der Waals surface area contributed by atoms with Crippen LogP contribution in [0.15, 0.2) is 4.99 Å². The molecule has 0 saturated carbocycles. The molecule has 0 amide bonds. The summed E-state index contributed by atoms with van der Waals surface area (Å²) in [4.78, 5) is 6.63. The molecular weight excluding hydrogens is 234 g/mol. The molecule has 1 aliphatic heterocycles.